The molecule has 4 heteroatoms. The Bertz CT molecular complexity index is 366. The van der Waals surface area contributed by atoms with Gasteiger partial charge in [0.25, 0.3) is 0 Å². The van der Waals surface area contributed by atoms with Crippen LogP contribution in [0.15, 0.2) is 12.1 Å². The van der Waals surface area contributed by atoms with Crippen LogP contribution in [0.1, 0.15) is 35.7 Å². The molecule has 4 N–H and O–H groups in total. The van der Waals surface area contributed by atoms with Crippen LogP contribution in [0, 0.1) is 6.92 Å². The van der Waals surface area contributed by atoms with Crippen molar-refractivity contribution >= 4 is 17.3 Å². The van der Waals surface area contributed by atoms with Gasteiger partial charge in [-0.2, -0.15) is 0 Å². The van der Waals surface area contributed by atoms with Crippen molar-refractivity contribution < 1.29 is 9.53 Å². The Hall–Kier alpha value is -1.71. The quantitative estimate of drug-likeness (QED) is 0.464. The molecule has 4 nitrogen and oxygen atoms in total. The van der Waals surface area contributed by atoms with E-state index in [1.165, 1.54) is 0 Å². The maximum absolute atomic E-state index is 11.6. The van der Waals surface area contributed by atoms with E-state index in [2.05, 4.69) is 0 Å². The number of hydrogen-bond donors (Lipinski definition) is 2. The van der Waals surface area contributed by atoms with Gasteiger partial charge >= 0.3 is 5.97 Å². The smallest absolute Gasteiger partial charge is 0.338 e. The molecule has 1 rings (SSSR count). The zero-order chi connectivity index (χ0) is 12.1. The number of hydrogen-bond acceptors (Lipinski definition) is 4. The van der Waals surface area contributed by atoms with Gasteiger partial charge in [-0.3, -0.25) is 0 Å². The highest BCUT2D eigenvalue weighted by Gasteiger charge is 2.10. The third-order valence-corrected chi connectivity index (χ3v) is 2.45. The van der Waals surface area contributed by atoms with Crippen LogP contribution in [0.5, 0.6) is 0 Å². The summed E-state index contributed by atoms with van der Waals surface area (Å²) in [6, 6.07) is 3.19. The van der Waals surface area contributed by atoms with E-state index >= 15 is 0 Å². The number of esters is 1. The minimum atomic E-state index is -0.369. The summed E-state index contributed by atoms with van der Waals surface area (Å²) in [6.45, 7) is 4.29. The normalized spacial score (nSPS) is 10.1. The van der Waals surface area contributed by atoms with E-state index in [0.717, 1.165) is 18.4 Å². The van der Waals surface area contributed by atoms with Gasteiger partial charge < -0.3 is 16.2 Å². The standard InChI is InChI=1S/C12H18N2O2/c1-3-4-5-16-12(15)9-6-10(13)8(2)11(14)7-9/h6-7H,3-5,13-14H2,1-2H3. The van der Waals surface area contributed by atoms with Crippen molar-refractivity contribution in [3.8, 4) is 0 Å². The van der Waals surface area contributed by atoms with Crippen LogP contribution in [0.25, 0.3) is 0 Å². The van der Waals surface area contributed by atoms with E-state index in [1.54, 1.807) is 12.1 Å². The number of unbranched alkanes of at least 4 members (excludes halogenated alkanes) is 1. The Kier molecular flexibility index (Phi) is 4.17. The first kappa shape index (κ1) is 12.4. The van der Waals surface area contributed by atoms with Gasteiger partial charge in [0, 0.05) is 11.4 Å². The Morgan fingerprint density at radius 1 is 1.31 bits per heavy atom. The molecule has 0 heterocycles. The first-order valence-electron chi connectivity index (χ1n) is 5.39. The van der Waals surface area contributed by atoms with Gasteiger partial charge in [-0.25, -0.2) is 4.79 Å². The number of nitrogens with two attached hydrogens (primary N) is 2. The molecule has 0 radical (unpaired) electrons. The summed E-state index contributed by atoms with van der Waals surface area (Å²) in [5, 5.41) is 0. The summed E-state index contributed by atoms with van der Waals surface area (Å²) in [7, 11) is 0. The molecular weight excluding hydrogens is 204 g/mol. The molecule has 1 aromatic carbocycles. The number of anilines is 2. The summed E-state index contributed by atoms with van der Waals surface area (Å²) < 4.78 is 5.07. The molecule has 0 saturated heterocycles. The van der Waals surface area contributed by atoms with Crippen LogP contribution in [0.3, 0.4) is 0 Å². The van der Waals surface area contributed by atoms with Crippen LogP contribution in [-0.2, 0) is 4.74 Å². The van der Waals surface area contributed by atoms with Crippen LogP contribution in [-0.4, -0.2) is 12.6 Å². The van der Waals surface area contributed by atoms with Gasteiger partial charge in [0.15, 0.2) is 0 Å². The van der Waals surface area contributed by atoms with Crippen molar-refractivity contribution in [3.05, 3.63) is 23.3 Å². The SMILES string of the molecule is CCCCOC(=O)c1cc(N)c(C)c(N)c1. The van der Waals surface area contributed by atoms with E-state index in [0.29, 0.717) is 23.5 Å². The van der Waals surface area contributed by atoms with Crippen LogP contribution < -0.4 is 11.5 Å². The molecule has 0 spiro atoms. The number of rotatable bonds is 4. The van der Waals surface area contributed by atoms with E-state index < -0.39 is 0 Å². The van der Waals surface area contributed by atoms with Gasteiger partial charge in [-0.05, 0) is 31.0 Å². The van der Waals surface area contributed by atoms with E-state index in [9.17, 15) is 4.79 Å². The molecular formula is C12H18N2O2. The van der Waals surface area contributed by atoms with Crippen LogP contribution in [0.2, 0.25) is 0 Å². The first-order chi connectivity index (χ1) is 7.56. The minimum Gasteiger partial charge on any atom is -0.462 e. The van der Waals surface area contributed by atoms with E-state index in [4.69, 9.17) is 16.2 Å². The molecule has 0 atom stereocenters. The lowest BCUT2D eigenvalue weighted by Gasteiger charge is -2.08. The van der Waals surface area contributed by atoms with Gasteiger partial charge in [0.05, 0.1) is 12.2 Å². The topological polar surface area (TPSA) is 78.3 Å². The fraction of sp³-hybridized carbons (Fsp3) is 0.417. The van der Waals surface area contributed by atoms with Crippen molar-refractivity contribution in [1.82, 2.24) is 0 Å². The predicted molar refractivity (Wildman–Crippen MR) is 65.2 cm³/mol. The Labute approximate surface area is 95.6 Å². The Morgan fingerprint density at radius 2 is 1.88 bits per heavy atom. The third-order valence-electron chi connectivity index (χ3n) is 2.45. The van der Waals surface area contributed by atoms with Gasteiger partial charge in [0.2, 0.25) is 0 Å². The Balaban J connectivity index is 2.76. The molecule has 0 amide bonds. The second-order valence-electron chi connectivity index (χ2n) is 3.77. The van der Waals surface area contributed by atoms with Gasteiger partial charge in [-0.15, -0.1) is 0 Å². The zero-order valence-corrected chi connectivity index (χ0v) is 9.75. The second kappa shape index (κ2) is 5.39. The van der Waals surface area contributed by atoms with E-state index in [1.807, 2.05) is 13.8 Å². The summed E-state index contributed by atoms with van der Waals surface area (Å²) in [6.07, 6.45) is 1.86. The molecule has 88 valence electrons. The third kappa shape index (κ3) is 2.89. The average Bonchev–Trinajstić information content (AvgIpc) is 2.25. The number of carbonyl (C=O) groups excluding carboxylic acids is 1. The van der Waals surface area contributed by atoms with Gasteiger partial charge in [0.1, 0.15) is 0 Å². The molecule has 0 fully saturated rings. The fourth-order valence-electron chi connectivity index (χ4n) is 1.27. The summed E-state index contributed by atoms with van der Waals surface area (Å²) >= 11 is 0. The molecule has 0 aliphatic heterocycles. The number of nitrogen functional groups attached to an aromatic ring is 2. The Morgan fingerprint density at radius 3 is 2.38 bits per heavy atom. The van der Waals surface area contributed by atoms with Crippen LogP contribution in [0.4, 0.5) is 11.4 Å². The van der Waals surface area contributed by atoms with Crippen molar-refractivity contribution in [2.24, 2.45) is 0 Å². The largest absolute Gasteiger partial charge is 0.462 e. The van der Waals surface area contributed by atoms with Gasteiger partial charge in [-0.1, -0.05) is 13.3 Å². The lowest BCUT2D eigenvalue weighted by atomic mass is 10.1. The van der Waals surface area contributed by atoms with Crippen molar-refractivity contribution in [2.45, 2.75) is 26.7 Å². The van der Waals surface area contributed by atoms with E-state index in [-0.39, 0.29) is 5.97 Å². The lowest BCUT2D eigenvalue weighted by Crippen LogP contribution is -2.08. The number of benzene rings is 1. The maximum Gasteiger partial charge on any atom is 0.338 e. The summed E-state index contributed by atoms with van der Waals surface area (Å²) in [5.74, 6) is -0.369. The molecule has 1 aromatic rings. The second-order valence-corrected chi connectivity index (χ2v) is 3.77. The molecule has 0 aliphatic rings. The molecule has 0 aliphatic carbocycles. The molecule has 0 unspecified atom stereocenters. The first-order valence-corrected chi connectivity index (χ1v) is 5.39. The fourth-order valence-corrected chi connectivity index (χ4v) is 1.27. The average molecular weight is 222 g/mol. The van der Waals surface area contributed by atoms with Crippen molar-refractivity contribution in [1.29, 1.82) is 0 Å². The molecule has 16 heavy (non-hydrogen) atoms. The zero-order valence-electron chi connectivity index (χ0n) is 9.75. The molecule has 0 aromatic heterocycles. The maximum atomic E-state index is 11.6. The monoisotopic (exact) mass is 222 g/mol. The van der Waals surface area contributed by atoms with Crippen LogP contribution >= 0.6 is 0 Å². The summed E-state index contributed by atoms with van der Waals surface area (Å²) in [5.41, 5.74) is 13.7. The lowest BCUT2D eigenvalue weighted by molar-refractivity contribution is 0.0500. The molecule has 0 bridgehead atoms. The van der Waals surface area contributed by atoms with Crippen molar-refractivity contribution in [3.63, 3.8) is 0 Å². The highest BCUT2D eigenvalue weighted by Crippen LogP contribution is 2.21. The minimum absolute atomic E-state index is 0.369. The summed E-state index contributed by atoms with van der Waals surface area (Å²) in [4.78, 5) is 11.6. The molecule has 0 saturated carbocycles. The van der Waals surface area contributed by atoms with Crippen molar-refractivity contribution in [2.75, 3.05) is 18.1 Å². The highest BCUT2D eigenvalue weighted by atomic mass is 16.5. The highest BCUT2D eigenvalue weighted by molar-refractivity contribution is 5.92. The number of carbonyl (C=O) groups is 1. The number of ether oxygens (including phenoxy) is 1. The predicted octanol–water partition coefficient (Wildman–Crippen LogP) is 2.12.